The van der Waals surface area contributed by atoms with Gasteiger partial charge < -0.3 is 18.9 Å². The summed E-state index contributed by atoms with van der Waals surface area (Å²) >= 11 is 0. The summed E-state index contributed by atoms with van der Waals surface area (Å²) in [7, 11) is 0. The van der Waals surface area contributed by atoms with E-state index in [-0.39, 0.29) is 23.8 Å². The van der Waals surface area contributed by atoms with E-state index in [1.807, 2.05) is 72.8 Å². The molecule has 0 bridgehead atoms. The van der Waals surface area contributed by atoms with Crippen LogP contribution >= 0.6 is 0 Å². The van der Waals surface area contributed by atoms with Crippen LogP contribution in [-0.2, 0) is 28.6 Å². The van der Waals surface area contributed by atoms with E-state index in [0.717, 1.165) is 63.8 Å². The van der Waals surface area contributed by atoms with Crippen LogP contribution in [0.5, 0.6) is 5.75 Å². The molecule has 0 N–H and O–H groups in total. The predicted molar refractivity (Wildman–Crippen MR) is 284 cm³/mol. The summed E-state index contributed by atoms with van der Waals surface area (Å²) in [5.41, 5.74) is 1.20. The van der Waals surface area contributed by atoms with Crippen molar-refractivity contribution in [2.45, 2.75) is 161 Å². The van der Waals surface area contributed by atoms with Gasteiger partial charge in [-0.05, 0) is 199 Å². The largest absolute Gasteiger partial charge is 0.459 e. The van der Waals surface area contributed by atoms with Crippen molar-refractivity contribution in [1.82, 2.24) is 0 Å². The highest BCUT2D eigenvalue weighted by Crippen LogP contribution is 2.45. The van der Waals surface area contributed by atoms with Crippen LogP contribution < -0.4 is 4.74 Å². The standard InChI is InChI=1S/C64H72O8/c1-8-11-12-13-46-24-26-50(27-25-46)51-37-40-64(41-38-51,39-36-49-22-20-48(21-23-49)19-18-47-16-14-45(9-2)15-17-47)72-61(68)56-33-32-55-43-57(35-34-54(55)42-56)69-59(66)52-28-30-53(31-29-52)60(67)71-63(6,7)44-62(4,5)70-58(65)10-3/h2,10,14-17,20-23,32-35,42-43,46,50-53H,3,8,11-13,24-31,37-38,40-41,44H2,1,4-7H3. The van der Waals surface area contributed by atoms with Crippen LogP contribution in [0.1, 0.15) is 176 Å². The second-order valence-electron chi connectivity index (χ2n) is 21.7. The molecule has 0 atom stereocenters. The third-order valence-electron chi connectivity index (χ3n) is 15.1. The zero-order valence-corrected chi connectivity index (χ0v) is 43.1. The molecule has 8 heteroatoms. The van der Waals surface area contributed by atoms with Gasteiger partial charge in [0.2, 0.25) is 0 Å². The van der Waals surface area contributed by atoms with Crippen LogP contribution in [0, 0.1) is 65.6 Å². The Morgan fingerprint density at radius 1 is 0.653 bits per heavy atom. The molecule has 0 aliphatic heterocycles. The van der Waals surface area contributed by atoms with Gasteiger partial charge in [-0.3, -0.25) is 9.59 Å². The Labute approximate surface area is 428 Å². The van der Waals surface area contributed by atoms with Gasteiger partial charge in [0.15, 0.2) is 5.60 Å². The van der Waals surface area contributed by atoms with Gasteiger partial charge in [0.05, 0.1) is 17.4 Å². The summed E-state index contributed by atoms with van der Waals surface area (Å²) < 4.78 is 23.8. The smallest absolute Gasteiger partial charge is 0.339 e. The summed E-state index contributed by atoms with van der Waals surface area (Å²) in [6.45, 7) is 12.9. The lowest BCUT2D eigenvalue weighted by molar-refractivity contribution is -0.172. The number of benzene rings is 4. The third kappa shape index (κ3) is 15.0. The topological polar surface area (TPSA) is 105 Å². The van der Waals surface area contributed by atoms with Gasteiger partial charge in [-0.2, -0.15) is 0 Å². The molecule has 0 unspecified atom stereocenters. The van der Waals surface area contributed by atoms with Crippen molar-refractivity contribution in [2.75, 3.05) is 0 Å². The molecule has 3 aliphatic carbocycles. The zero-order chi connectivity index (χ0) is 51.3. The molecule has 3 fully saturated rings. The fourth-order valence-corrected chi connectivity index (χ4v) is 11.3. The highest BCUT2D eigenvalue weighted by Gasteiger charge is 2.41. The molecule has 0 radical (unpaired) electrons. The molecule has 4 aromatic carbocycles. The first-order valence-corrected chi connectivity index (χ1v) is 26.3. The van der Waals surface area contributed by atoms with Crippen molar-refractivity contribution in [3.05, 3.63) is 125 Å². The molecule has 3 aliphatic rings. The maximum atomic E-state index is 14.2. The monoisotopic (exact) mass is 969 g/mol. The van der Waals surface area contributed by atoms with E-state index in [0.29, 0.717) is 62.2 Å². The molecule has 376 valence electrons. The van der Waals surface area contributed by atoms with Gasteiger partial charge in [0, 0.05) is 34.8 Å². The first kappa shape index (κ1) is 53.2. The van der Waals surface area contributed by atoms with Crippen LogP contribution in [-0.4, -0.2) is 40.7 Å². The Bertz CT molecular complexity index is 2720. The average Bonchev–Trinajstić information content (AvgIpc) is 3.37. The fraction of sp³-hybridized carbons (Fsp3) is 0.469. The first-order chi connectivity index (χ1) is 34.5. The summed E-state index contributed by atoms with van der Waals surface area (Å²) in [5.74, 6) is 16.2. The predicted octanol–water partition coefficient (Wildman–Crippen LogP) is 13.7. The molecular weight excluding hydrogens is 897 g/mol. The molecular formula is C64H72O8. The summed E-state index contributed by atoms with van der Waals surface area (Å²) in [6, 6.07) is 26.3. The molecule has 0 amide bonds. The molecule has 8 nitrogen and oxygen atoms in total. The number of ether oxygens (including phenoxy) is 4. The number of carbonyl (C=O) groups excluding carboxylic acids is 4. The van der Waals surface area contributed by atoms with Crippen LogP contribution in [0.4, 0.5) is 0 Å². The van der Waals surface area contributed by atoms with Crippen molar-refractivity contribution in [3.8, 4) is 41.8 Å². The van der Waals surface area contributed by atoms with Crippen LogP contribution in [0.25, 0.3) is 10.8 Å². The normalized spacial score (nSPS) is 22.1. The minimum atomic E-state index is -0.919. The maximum Gasteiger partial charge on any atom is 0.339 e. The van der Waals surface area contributed by atoms with Gasteiger partial charge in [-0.25, -0.2) is 9.59 Å². The van der Waals surface area contributed by atoms with Crippen molar-refractivity contribution >= 4 is 34.6 Å². The quantitative estimate of drug-likeness (QED) is 0.0290. The van der Waals surface area contributed by atoms with E-state index in [2.05, 4.69) is 43.1 Å². The fourth-order valence-electron chi connectivity index (χ4n) is 11.3. The van der Waals surface area contributed by atoms with Gasteiger partial charge >= 0.3 is 23.9 Å². The molecule has 3 saturated carbocycles. The summed E-state index contributed by atoms with van der Waals surface area (Å²) in [5, 5.41) is 1.63. The molecule has 0 spiro atoms. The number of terminal acetylenes is 1. The second kappa shape index (κ2) is 24.2. The lowest BCUT2D eigenvalue weighted by atomic mass is 9.67. The lowest BCUT2D eigenvalue weighted by Gasteiger charge is -2.41. The van der Waals surface area contributed by atoms with Crippen molar-refractivity contribution in [2.24, 2.45) is 29.6 Å². The maximum absolute atomic E-state index is 14.2. The Morgan fingerprint density at radius 2 is 1.19 bits per heavy atom. The Kier molecular flexibility index (Phi) is 17.9. The number of carbonyl (C=O) groups is 4. The van der Waals surface area contributed by atoms with Crippen LogP contribution in [0.2, 0.25) is 0 Å². The van der Waals surface area contributed by atoms with E-state index < -0.39 is 28.7 Å². The van der Waals surface area contributed by atoms with E-state index in [1.165, 1.54) is 51.4 Å². The molecule has 72 heavy (non-hydrogen) atoms. The van der Waals surface area contributed by atoms with Crippen LogP contribution in [0.3, 0.4) is 0 Å². The molecule has 0 heterocycles. The SMILES string of the molecule is C#Cc1ccc(C#Cc2ccc(C#CC3(OC(=O)c4ccc5cc(OC(=O)C6CCC(C(=O)OC(C)(C)CC(C)(C)OC(=O)C=C)CC6)ccc5c4)CCC(C4CCC(CCCCC)CC4)CC3)cc2)cc1. The van der Waals surface area contributed by atoms with Gasteiger partial charge in [0.25, 0.3) is 0 Å². The Morgan fingerprint density at radius 3 is 1.79 bits per heavy atom. The lowest BCUT2D eigenvalue weighted by Crippen LogP contribution is -2.41. The Hall–Kier alpha value is -6.56. The van der Waals surface area contributed by atoms with Crippen LogP contribution in [0.15, 0.2) is 97.6 Å². The van der Waals surface area contributed by atoms with E-state index >= 15 is 0 Å². The molecule has 0 saturated heterocycles. The van der Waals surface area contributed by atoms with Gasteiger partial charge in [-0.1, -0.05) is 87.8 Å². The number of unbranched alkanes of at least 4 members (excludes halogenated alkanes) is 2. The average molecular weight is 969 g/mol. The van der Waals surface area contributed by atoms with Gasteiger partial charge in [0.1, 0.15) is 17.0 Å². The van der Waals surface area contributed by atoms with E-state index in [9.17, 15) is 19.2 Å². The number of hydrogen-bond acceptors (Lipinski definition) is 8. The van der Waals surface area contributed by atoms with E-state index in [4.69, 9.17) is 25.4 Å². The molecule has 4 aromatic rings. The highest BCUT2D eigenvalue weighted by molar-refractivity contribution is 5.96. The highest BCUT2D eigenvalue weighted by atomic mass is 16.6. The number of esters is 4. The van der Waals surface area contributed by atoms with Crippen molar-refractivity contribution in [1.29, 1.82) is 0 Å². The number of fused-ring (bicyclic) bond motifs is 1. The Balaban J connectivity index is 0.970. The number of hydrogen-bond donors (Lipinski definition) is 0. The van der Waals surface area contributed by atoms with E-state index in [1.54, 1.807) is 39.8 Å². The molecule has 0 aromatic heterocycles. The minimum Gasteiger partial charge on any atom is -0.459 e. The summed E-state index contributed by atoms with van der Waals surface area (Å²) in [6.07, 6.45) is 22.8. The summed E-state index contributed by atoms with van der Waals surface area (Å²) in [4.78, 5) is 52.6. The van der Waals surface area contributed by atoms with Gasteiger partial charge in [-0.15, -0.1) is 6.42 Å². The van der Waals surface area contributed by atoms with Crippen molar-refractivity contribution < 1.29 is 38.1 Å². The number of rotatable bonds is 15. The zero-order valence-electron chi connectivity index (χ0n) is 43.1. The minimum absolute atomic E-state index is 0.307. The van der Waals surface area contributed by atoms with Crippen molar-refractivity contribution in [3.63, 3.8) is 0 Å². The first-order valence-electron chi connectivity index (χ1n) is 26.3. The third-order valence-corrected chi connectivity index (χ3v) is 15.1. The molecule has 7 rings (SSSR count). The second-order valence-corrected chi connectivity index (χ2v) is 21.7.